The maximum atomic E-state index is 2.64. The van der Waals surface area contributed by atoms with Crippen molar-refractivity contribution in [1.29, 1.82) is 0 Å². The van der Waals surface area contributed by atoms with Crippen LogP contribution in [0.2, 0.25) is 0 Å². The zero-order valence-electron chi connectivity index (χ0n) is 40.9. The number of rotatable bonds is 8. The molecule has 0 radical (unpaired) electrons. The minimum Gasteiger partial charge on any atom is -0.310 e. The molecule has 5 aliphatic rings. The van der Waals surface area contributed by atoms with Gasteiger partial charge >= 0.3 is 0 Å². The average molecular weight is 954 g/mol. The monoisotopic (exact) mass is 953 g/mol. The standard InChI is InChI=1S/C71H55NS/c1-4-14-49(15-5-1)50-24-26-51(27-25-50)52-28-33-59(34-29-52)72(60-35-30-53(31-36-60)54-32-38-63-62-20-10-13-23-68(62)73-69(63)45-54)61-37-39-66-67(46-61)70(55-16-6-2-7-17-55,56-18-8-3-9-19-56)64-21-11-12-22-65(64)71(66)57-41-47-40-48(43-57)44-58(71)42-47/h1-39,45-48,57-58H,40-44H2. The number of hydrogen-bond acceptors (Lipinski definition) is 2. The highest BCUT2D eigenvalue weighted by atomic mass is 32.1. The molecule has 4 fully saturated rings. The Balaban J connectivity index is 0.925. The van der Waals surface area contributed by atoms with Crippen LogP contribution in [0.1, 0.15) is 65.5 Å². The summed E-state index contributed by atoms with van der Waals surface area (Å²) in [6, 6.07) is 94.5. The number of benzene rings is 10. The van der Waals surface area contributed by atoms with Crippen molar-refractivity contribution in [1.82, 2.24) is 0 Å². The number of hydrogen-bond donors (Lipinski definition) is 0. The van der Waals surface area contributed by atoms with E-state index < -0.39 is 5.41 Å². The van der Waals surface area contributed by atoms with Crippen LogP contribution in [0.5, 0.6) is 0 Å². The Morgan fingerprint density at radius 2 is 0.753 bits per heavy atom. The van der Waals surface area contributed by atoms with Crippen molar-refractivity contribution in [2.24, 2.45) is 23.7 Å². The Morgan fingerprint density at radius 3 is 1.36 bits per heavy atom. The zero-order valence-corrected chi connectivity index (χ0v) is 41.7. The van der Waals surface area contributed by atoms with Crippen molar-refractivity contribution in [2.45, 2.75) is 42.9 Å². The van der Waals surface area contributed by atoms with Crippen LogP contribution in [-0.2, 0) is 10.8 Å². The summed E-state index contributed by atoms with van der Waals surface area (Å²) in [6.07, 6.45) is 6.77. The Kier molecular flexibility index (Phi) is 9.93. The van der Waals surface area contributed by atoms with Gasteiger partial charge in [-0.25, -0.2) is 0 Å². The van der Waals surface area contributed by atoms with Gasteiger partial charge in [-0.2, -0.15) is 0 Å². The lowest BCUT2D eigenvalue weighted by Gasteiger charge is -2.65. The van der Waals surface area contributed by atoms with Crippen LogP contribution in [0.3, 0.4) is 0 Å². The van der Waals surface area contributed by atoms with Gasteiger partial charge in [-0.15, -0.1) is 11.3 Å². The highest BCUT2D eigenvalue weighted by molar-refractivity contribution is 7.25. The highest BCUT2D eigenvalue weighted by Gasteiger charge is 2.63. The summed E-state index contributed by atoms with van der Waals surface area (Å²) in [5.74, 6) is 2.97. The smallest absolute Gasteiger partial charge is 0.0708 e. The maximum absolute atomic E-state index is 2.64. The first kappa shape index (κ1) is 42.9. The molecule has 2 heteroatoms. The summed E-state index contributed by atoms with van der Waals surface area (Å²) >= 11 is 1.88. The number of nitrogens with zero attached hydrogens (tertiary/aromatic N) is 1. The summed E-state index contributed by atoms with van der Waals surface area (Å²) in [5, 5.41) is 2.66. The Bertz CT molecular complexity index is 3770. The largest absolute Gasteiger partial charge is 0.310 e. The summed E-state index contributed by atoms with van der Waals surface area (Å²) in [5.41, 5.74) is 18.9. The average Bonchev–Trinajstić information content (AvgIpc) is 3.84. The molecule has 0 N–H and O–H groups in total. The third-order valence-electron chi connectivity index (χ3n) is 18.0. The maximum Gasteiger partial charge on any atom is 0.0708 e. The molecule has 0 saturated heterocycles. The Morgan fingerprint density at radius 1 is 0.315 bits per heavy atom. The normalized spacial score (nSPS) is 21.0. The lowest BCUT2D eigenvalue weighted by molar-refractivity contribution is -0.0440. The molecule has 4 bridgehead atoms. The third kappa shape index (κ3) is 6.59. The van der Waals surface area contributed by atoms with Gasteiger partial charge in [-0.05, 0) is 171 Å². The van der Waals surface area contributed by atoms with Gasteiger partial charge in [-0.1, -0.05) is 200 Å². The molecule has 73 heavy (non-hydrogen) atoms. The molecule has 1 nitrogen and oxygen atoms in total. The molecule has 0 unspecified atom stereocenters. The van der Waals surface area contributed by atoms with Crippen molar-refractivity contribution < 1.29 is 0 Å². The van der Waals surface area contributed by atoms with E-state index >= 15 is 0 Å². The first-order chi connectivity index (χ1) is 36.1. The fourth-order valence-corrected chi connectivity index (χ4v) is 16.4. The molecule has 10 aromatic carbocycles. The van der Waals surface area contributed by atoms with Crippen molar-refractivity contribution in [2.75, 3.05) is 4.90 Å². The first-order valence-corrected chi connectivity index (χ1v) is 27.4. The van der Waals surface area contributed by atoms with Gasteiger partial charge in [0.15, 0.2) is 0 Å². The van der Waals surface area contributed by atoms with Crippen molar-refractivity contribution >= 4 is 48.6 Å². The van der Waals surface area contributed by atoms with Crippen molar-refractivity contribution in [3.05, 3.63) is 282 Å². The minimum absolute atomic E-state index is 0.0371. The summed E-state index contributed by atoms with van der Waals surface area (Å²) < 4.78 is 2.66. The van der Waals surface area contributed by atoms with Crippen LogP contribution in [0, 0.1) is 23.7 Å². The Labute approximate surface area is 433 Å². The summed E-state index contributed by atoms with van der Waals surface area (Å²) in [4.78, 5) is 2.52. The molecular formula is C71H55NS. The predicted octanol–water partition coefficient (Wildman–Crippen LogP) is 19.0. The van der Waals surface area contributed by atoms with Crippen LogP contribution in [0.15, 0.2) is 249 Å². The van der Waals surface area contributed by atoms with Crippen molar-refractivity contribution in [3.8, 4) is 33.4 Å². The lowest BCUT2D eigenvalue weighted by atomic mass is 9.38. The van der Waals surface area contributed by atoms with E-state index in [4.69, 9.17) is 0 Å². The zero-order chi connectivity index (χ0) is 48.1. The molecule has 5 aliphatic carbocycles. The van der Waals surface area contributed by atoms with Gasteiger partial charge in [0.2, 0.25) is 0 Å². The van der Waals surface area contributed by atoms with Crippen LogP contribution in [0.4, 0.5) is 17.1 Å². The molecule has 4 saturated carbocycles. The summed E-state index contributed by atoms with van der Waals surface area (Å²) in [6.45, 7) is 0. The van der Waals surface area contributed by atoms with E-state index in [1.165, 1.54) is 114 Å². The first-order valence-electron chi connectivity index (χ1n) is 26.6. The van der Waals surface area contributed by atoms with Gasteiger partial charge in [0.05, 0.1) is 5.41 Å². The quantitative estimate of drug-likeness (QED) is 0.147. The van der Waals surface area contributed by atoms with Gasteiger partial charge in [-0.3, -0.25) is 0 Å². The molecule has 11 aromatic rings. The van der Waals surface area contributed by atoms with E-state index in [1.54, 1.807) is 11.1 Å². The van der Waals surface area contributed by atoms with E-state index in [0.717, 1.165) is 23.2 Å². The molecule has 350 valence electrons. The van der Waals surface area contributed by atoms with Gasteiger partial charge in [0.1, 0.15) is 0 Å². The van der Waals surface area contributed by atoms with E-state index in [-0.39, 0.29) is 5.41 Å². The minimum atomic E-state index is -0.541. The van der Waals surface area contributed by atoms with Crippen LogP contribution < -0.4 is 4.90 Å². The van der Waals surface area contributed by atoms with Crippen LogP contribution in [-0.4, -0.2) is 0 Å². The van der Waals surface area contributed by atoms with Gasteiger partial charge in [0.25, 0.3) is 0 Å². The molecule has 1 heterocycles. The van der Waals surface area contributed by atoms with Crippen LogP contribution in [0.25, 0.3) is 53.6 Å². The number of anilines is 3. The molecule has 16 rings (SSSR count). The predicted molar refractivity (Wildman–Crippen MR) is 306 cm³/mol. The third-order valence-corrected chi connectivity index (χ3v) is 19.1. The fraction of sp³-hybridized carbons (Fsp3) is 0.155. The molecule has 0 aliphatic heterocycles. The molecule has 0 amide bonds. The molecular weight excluding hydrogens is 899 g/mol. The SMILES string of the molecule is c1ccc(-c2ccc(-c3ccc(N(c4ccc(-c5ccc6c(c5)sc5ccccc56)cc4)c4ccc5c(c4)C(c4ccccc4)(c4ccccc4)c4ccccc4C54C5CC6CC(C5)CC4C6)cc3)cc2)cc1. The van der Waals surface area contributed by atoms with Crippen LogP contribution >= 0.6 is 11.3 Å². The second-order valence-corrected chi connectivity index (χ2v) is 22.7. The van der Waals surface area contributed by atoms with E-state index in [2.05, 4.69) is 254 Å². The molecule has 0 atom stereocenters. The van der Waals surface area contributed by atoms with Gasteiger partial charge in [0, 0.05) is 42.6 Å². The molecule has 1 aromatic heterocycles. The van der Waals surface area contributed by atoms with E-state index in [9.17, 15) is 0 Å². The number of thiophene rings is 1. The van der Waals surface area contributed by atoms with Gasteiger partial charge < -0.3 is 4.90 Å². The second-order valence-electron chi connectivity index (χ2n) is 21.6. The topological polar surface area (TPSA) is 3.24 Å². The fourth-order valence-electron chi connectivity index (χ4n) is 15.2. The Hall–Kier alpha value is -7.78. The van der Waals surface area contributed by atoms with E-state index in [0.29, 0.717) is 11.8 Å². The summed E-state index contributed by atoms with van der Waals surface area (Å²) in [7, 11) is 0. The molecule has 1 spiro atoms. The van der Waals surface area contributed by atoms with Crippen molar-refractivity contribution in [3.63, 3.8) is 0 Å². The highest BCUT2D eigenvalue weighted by Crippen LogP contribution is 2.70. The number of fused-ring (bicyclic) bond motifs is 5. The lowest BCUT2D eigenvalue weighted by Crippen LogP contribution is -2.59. The second kappa shape index (κ2) is 16.9. The van der Waals surface area contributed by atoms with E-state index in [1.807, 2.05) is 11.3 Å².